The summed E-state index contributed by atoms with van der Waals surface area (Å²) in [6.07, 6.45) is -2.76. The number of halogens is 4. The Hall–Kier alpha value is -0.920. The molecule has 0 radical (unpaired) electrons. The zero-order valence-corrected chi connectivity index (χ0v) is 7.57. The van der Waals surface area contributed by atoms with Crippen molar-refractivity contribution >= 4 is 23.2 Å². The Morgan fingerprint density at radius 3 is 2.54 bits per heavy atom. The van der Waals surface area contributed by atoms with Gasteiger partial charge in [0, 0.05) is 0 Å². The number of hydrogen-bond acceptors (Lipinski definition) is 2. The summed E-state index contributed by atoms with van der Waals surface area (Å²) in [6, 6.07) is 2.56. The highest BCUT2D eigenvalue weighted by atomic mass is 35.5. The summed E-state index contributed by atoms with van der Waals surface area (Å²) in [4.78, 5) is 3.31. The number of nitriles is 1. The van der Waals surface area contributed by atoms with Crippen LogP contribution in [0.4, 0.5) is 8.78 Å². The van der Waals surface area contributed by atoms with Crippen LogP contribution in [0.1, 0.15) is 17.7 Å². The molecule has 1 rings (SSSR count). The first-order valence-electron chi connectivity index (χ1n) is 3.10. The molecule has 0 aliphatic rings. The zero-order chi connectivity index (χ0) is 10.0. The molecule has 0 fully saturated rings. The minimum atomic E-state index is -2.76. The van der Waals surface area contributed by atoms with Crippen LogP contribution in [-0.2, 0) is 0 Å². The quantitative estimate of drug-likeness (QED) is 0.685. The third-order valence-corrected chi connectivity index (χ3v) is 2.03. The van der Waals surface area contributed by atoms with Crippen LogP contribution in [-0.4, -0.2) is 4.98 Å². The second-order valence-electron chi connectivity index (χ2n) is 2.11. The largest absolute Gasteiger partial charge is 0.280 e. The highest BCUT2D eigenvalue weighted by Gasteiger charge is 2.14. The first-order valence-corrected chi connectivity index (χ1v) is 3.86. The van der Waals surface area contributed by atoms with Crippen molar-refractivity contribution in [1.82, 2.24) is 4.98 Å². The maximum atomic E-state index is 12.1. The number of rotatable bonds is 1. The van der Waals surface area contributed by atoms with Crippen LogP contribution in [0.25, 0.3) is 0 Å². The fourth-order valence-corrected chi connectivity index (χ4v) is 1.05. The summed E-state index contributed by atoms with van der Waals surface area (Å²) in [5.74, 6) is 0. The van der Waals surface area contributed by atoms with Crippen LogP contribution in [0.15, 0.2) is 6.07 Å². The Morgan fingerprint density at radius 2 is 2.08 bits per heavy atom. The summed E-state index contributed by atoms with van der Waals surface area (Å²) in [6.45, 7) is 0. The van der Waals surface area contributed by atoms with Crippen LogP contribution in [0.3, 0.4) is 0 Å². The van der Waals surface area contributed by atoms with E-state index in [2.05, 4.69) is 4.98 Å². The van der Waals surface area contributed by atoms with E-state index < -0.39 is 12.1 Å². The molecule has 0 aromatic carbocycles. The number of nitrogens with zero attached hydrogens (tertiary/aromatic N) is 2. The number of hydrogen-bond donors (Lipinski definition) is 0. The van der Waals surface area contributed by atoms with Gasteiger partial charge < -0.3 is 0 Å². The molecular formula is C7H2Cl2F2N2. The van der Waals surface area contributed by atoms with Gasteiger partial charge in [-0.25, -0.2) is 13.8 Å². The summed E-state index contributed by atoms with van der Waals surface area (Å²) < 4.78 is 24.2. The number of aromatic nitrogens is 1. The molecule has 0 atom stereocenters. The van der Waals surface area contributed by atoms with Crippen molar-refractivity contribution in [1.29, 1.82) is 5.26 Å². The molecule has 68 valence electrons. The minimum absolute atomic E-state index is 0.100. The summed E-state index contributed by atoms with van der Waals surface area (Å²) >= 11 is 10.9. The first kappa shape index (κ1) is 10.2. The molecule has 1 aromatic heterocycles. The predicted molar refractivity (Wildman–Crippen MR) is 43.9 cm³/mol. The number of pyridine rings is 1. The lowest BCUT2D eigenvalue weighted by Crippen LogP contribution is -1.93. The Kier molecular flexibility index (Phi) is 3.02. The van der Waals surface area contributed by atoms with Crippen LogP contribution >= 0.6 is 23.2 Å². The van der Waals surface area contributed by atoms with E-state index in [-0.39, 0.29) is 15.7 Å². The fourth-order valence-electron chi connectivity index (χ4n) is 0.710. The monoisotopic (exact) mass is 222 g/mol. The normalized spacial score (nSPS) is 10.2. The molecule has 1 aromatic rings. The molecule has 1 heterocycles. The number of alkyl halides is 2. The van der Waals surface area contributed by atoms with Gasteiger partial charge in [-0.1, -0.05) is 23.2 Å². The first-order chi connectivity index (χ1) is 6.06. The highest BCUT2D eigenvalue weighted by Crippen LogP contribution is 2.27. The molecular weight excluding hydrogens is 221 g/mol. The van der Waals surface area contributed by atoms with Crippen molar-refractivity contribution in [3.8, 4) is 6.07 Å². The van der Waals surface area contributed by atoms with Gasteiger partial charge in [0.15, 0.2) is 0 Å². The van der Waals surface area contributed by atoms with Crippen molar-refractivity contribution in [2.75, 3.05) is 0 Å². The second kappa shape index (κ2) is 3.86. The average molecular weight is 223 g/mol. The van der Waals surface area contributed by atoms with Gasteiger partial charge in [0.2, 0.25) is 0 Å². The van der Waals surface area contributed by atoms with Crippen LogP contribution in [0.2, 0.25) is 10.2 Å². The van der Waals surface area contributed by atoms with Gasteiger partial charge in [0.1, 0.15) is 16.9 Å². The van der Waals surface area contributed by atoms with E-state index in [9.17, 15) is 8.78 Å². The average Bonchev–Trinajstić information content (AvgIpc) is 2.09. The standard InChI is InChI=1S/C7H2Cl2F2N2/c8-5-3(2-12)1-4(7(10)11)13-6(5)9/h1,7H. The lowest BCUT2D eigenvalue weighted by Gasteiger charge is -2.02. The van der Waals surface area contributed by atoms with Crippen molar-refractivity contribution in [2.24, 2.45) is 0 Å². The summed E-state index contributed by atoms with van der Waals surface area (Å²) in [5.41, 5.74) is -0.650. The van der Waals surface area contributed by atoms with Gasteiger partial charge >= 0.3 is 0 Å². The smallest absolute Gasteiger partial charge is 0.233 e. The summed E-state index contributed by atoms with van der Waals surface area (Å²) in [7, 11) is 0. The van der Waals surface area contributed by atoms with E-state index in [4.69, 9.17) is 28.5 Å². The van der Waals surface area contributed by atoms with Crippen LogP contribution in [0.5, 0.6) is 0 Å². The van der Waals surface area contributed by atoms with Gasteiger partial charge in [0.25, 0.3) is 6.43 Å². The Labute approximate surface area is 82.7 Å². The van der Waals surface area contributed by atoms with Crippen molar-refractivity contribution in [2.45, 2.75) is 6.43 Å². The van der Waals surface area contributed by atoms with E-state index in [1.165, 1.54) is 0 Å². The Bertz CT molecular complexity index is 373. The van der Waals surface area contributed by atoms with E-state index >= 15 is 0 Å². The summed E-state index contributed by atoms with van der Waals surface area (Å²) in [5, 5.41) is 8.10. The molecule has 0 aliphatic heterocycles. The maximum absolute atomic E-state index is 12.1. The maximum Gasteiger partial charge on any atom is 0.280 e. The van der Waals surface area contributed by atoms with E-state index in [1.807, 2.05) is 0 Å². The molecule has 0 N–H and O–H groups in total. The van der Waals surface area contributed by atoms with Gasteiger partial charge in [-0.15, -0.1) is 0 Å². The molecule has 6 heteroatoms. The van der Waals surface area contributed by atoms with Gasteiger partial charge in [-0.3, -0.25) is 0 Å². The molecule has 0 bridgehead atoms. The zero-order valence-electron chi connectivity index (χ0n) is 6.06. The van der Waals surface area contributed by atoms with Crippen molar-refractivity contribution in [3.63, 3.8) is 0 Å². The topological polar surface area (TPSA) is 36.7 Å². The van der Waals surface area contributed by atoms with Gasteiger partial charge in [0.05, 0.1) is 10.6 Å². The van der Waals surface area contributed by atoms with Crippen LogP contribution < -0.4 is 0 Å². The fraction of sp³-hybridized carbons (Fsp3) is 0.143. The third kappa shape index (κ3) is 2.06. The SMILES string of the molecule is N#Cc1cc(C(F)F)nc(Cl)c1Cl. The van der Waals surface area contributed by atoms with Gasteiger partial charge in [-0.05, 0) is 6.07 Å². The van der Waals surface area contributed by atoms with E-state index in [1.54, 1.807) is 6.07 Å². The lowest BCUT2D eigenvalue weighted by molar-refractivity contribution is 0.146. The molecule has 0 saturated heterocycles. The molecule has 2 nitrogen and oxygen atoms in total. The molecule has 0 amide bonds. The van der Waals surface area contributed by atoms with Crippen molar-refractivity contribution < 1.29 is 8.78 Å². The Morgan fingerprint density at radius 1 is 1.46 bits per heavy atom. The molecule has 13 heavy (non-hydrogen) atoms. The van der Waals surface area contributed by atoms with Gasteiger partial charge in [-0.2, -0.15) is 5.26 Å². The molecule has 0 aliphatic carbocycles. The highest BCUT2D eigenvalue weighted by molar-refractivity contribution is 6.41. The second-order valence-corrected chi connectivity index (χ2v) is 2.85. The van der Waals surface area contributed by atoms with Crippen molar-refractivity contribution in [3.05, 3.63) is 27.5 Å². The third-order valence-electron chi connectivity index (χ3n) is 1.28. The predicted octanol–water partition coefficient (Wildman–Crippen LogP) is 3.20. The molecule has 0 unspecified atom stereocenters. The molecule has 0 spiro atoms. The van der Waals surface area contributed by atoms with E-state index in [0.29, 0.717) is 0 Å². The van der Waals surface area contributed by atoms with Crippen LogP contribution in [0, 0.1) is 11.3 Å². The lowest BCUT2D eigenvalue weighted by atomic mass is 10.2. The minimum Gasteiger partial charge on any atom is -0.233 e. The molecule has 0 saturated carbocycles. The Balaban J connectivity index is 3.32. The van der Waals surface area contributed by atoms with E-state index in [0.717, 1.165) is 6.07 Å².